The maximum Gasteiger partial charge on any atom is 0.303 e. The van der Waals surface area contributed by atoms with E-state index in [9.17, 15) is 14.7 Å². The number of ether oxygens (including phenoxy) is 1. The number of aliphatic hydroxyl groups excluding tert-OH is 1. The van der Waals surface area contributed by atoms with Crippen LogP contribution in [0.15, 0.2) is 64.8 Å². The molecule has 10 heteroatoms. The van der Waals surface area contributed by atoms with Gasteiger partial charge in [-0.05, 0) is 56.5 Å². The first-order valence-electron chi connectivity index (χ1n) is 12.2. The highest BCUT2D eigenvalue weighted by Crippen LogP contribution is 2.44. The molecule has 1 aliphatic heterocycles. The molecule has 1 aliphatic carbocycles. The molecular weight excluding hydrogens is 510 g/mol. The number of aliphatic hydroxyl groups is 1. The van der Waals surface area contributed by atoms with Gasteiger partial charge in [0.2, 0.25) is 11.5 Å². The molecule has 200 valence electrons. The highest BCUT2D eigenvalue weighted by Gasteiger charge is 2.46. The molecular formula is C28H30NO8S+. The van der Waals surface area contributed by atoms with Crippen LogP contribution in [0, 0.1) is 0 Å². The monoisotopic (exact) mass is 540 g/mol. The first-order valence-corrected chi connectivity index (χ1v) is 12.9. The molecule has 0 saturated carbocycles. The minimum atomic E-state index is -0.813. The van der Waals surface area contributed by atoms with Crippen molar-refractivity contribution in [3.05, 3.63) is 71.0 Å². The van der Waals surface area contributed by atoms with Crippen molar-refractivity contribution in [1.29, 1.82) is 0 Å². The molecule has 0 aromatic heterocycles. The number of carboxylic acid groups (broad SMARTS) is 1. The van der Waals surface area contributed by atoms with Gasteiger partial charge in [-0.2, -0.15) is 4.58 Å². The number of Topliss-reactive ketones (excluding diaryl/α,β-unsaturated/α-hetero) is 1. The van der Waals surface area contributed by atoms with Crippen molar-refractivity contribution in [2.75, 3.05) is 13.7 Å². The number of fused-ring (bicyclic) bond motifs is 1. The lowest BCUT2D eigenvalue weighted by Gasteiger charge is -2.23. The maximum absolute atomic E-state index is 13.2. The molecule has 0 saturated heterocycles. The van der Waals surface area contributed by atoms with E-state index in [0.717, 1.165) is 41.8 Å². The molecule has 0 unspecified atom stereocenters. The molecule has 38 heavy (non-hydrogen) atoms. The van der Waals surface area contributed by atoms with Gasteiger partial charge in [-0.25, -0.2) is 5.26 Å². The van der Waals surface area contributed by atoms with E-state index in [1.54, 1.807) is 37.5 Å². The average molecular weight is 541 g/mol. The van der Waals surface area contributed by atoms with Gasteiger partial charge in [-0.3, -0.25) is 9.59 Å². The summed E-state index contributed by atoms with van der Waals surface area (Å²) >= 11 is 0.866. The number of hydrogen-bond acceptors (Lipinski definition) is 8. The summed E-state index contributed by atoms with van der Waals surface area (Å²) in [5, 5.41) is 32.1. The summed E-state index contributed by atoms with van der Waals surface area (Å²) in [5.74, 6) is -0.444. The fourth-order valence-corrected chi connectivity index (χ4v) is 5.30. The maximum atomic E-state index is 13.2. The number of nitrogens with zero attached hydrogens (tertiary/aromatic N) is 1. The van der Waals surface area contributed by atoms with Gasteiger partial charge < -0.3 is 14.9 Å². The van der Waals surface area contributed by atoms with Crippen LogP contribution in [0.1, 0.15) is 50.7 Å². The number of unbranched alkanes of at least 4 members (excludes halogenated alkanes) is 2. The molecule has 1 heterocycles. The highest BCUT2D eigenvalue weighted by molar-refractivity contribution is 7.94. The third kappa shape index (κ3) is 5.39. The Kier molecular flexibility index (Phi) is 8.37. The summed E-state index contributed by atoms with van der Waals surface area (Å²) in [4.78, 5) is 24.8. The Morgan fingerprint density at radius 1 is 1.11 bits per heavy atom. The summed E-state index contributed by atoms with van der Waals surface area (Å²) in [6.07, 6.45) is 3.95. The molecule has 0 bridgehead atoms. The number of methoxy groups -OCH3 is 1. The van der Waals surface area contributed by atoms with Gasteiger partial charge in [-0.1, -0.05) is 17.2 Å². The lowest BCUT2D eigenvalue weighted by atomic mass is 9.77. The molecule has 0 fully saturated rings. The van der Waals surface area contributed by atoms with Gasteiger partial charge in [-0.15, -0.1) is 4.33 Å². The fraction of sp³-hybridized carbons (Fsp3) is 0.321. The van der Waals surface area contributed by atoms with Gasteiger partial charge in [0.15, 0.2) is 5.71 Å². The Morgan fingerprint density at radius 2 is 1.84 bits per heavy atom. The number of carboxylic acids is 1. The van der Waals surface area contributed by atoms with E-state index in [2.05, 4.69) is 13.9 Å². The van der Waals surface area contributed by atoms with Crippen molar-refractivity contribution >= 4 is 40.8 Å². The summed E-state index contributed by atoms with van der Waals surface area (Å²) in [6, 6.07) is 12.7. The molecule has 2 aromatic rings. The lowest BCUT2D eigenvalue weighted by molar-refractivity contribution is -0.438. The topological polar surface area (TPSA) is 126 Å². The quantitative estimate of drug-likeness (QED) is 0.0785. The van der Waals surface area contributed by atoms with Crippen LogP contribution in [0.2, 0.25) is 0 Å². The number of hydrogen-bond donors (Lipinski definition) is 3. The summed E-state index contributed by atoms with van der Waals surface area (Å²) in [6.45, 7) is 4.69. The van der Waals surface area contributed by atoms with Crippen LogP contribution in [0.3, 0.4) is 0 Å². The zero-order valence-electron chi connectivity index (χ0n) is 21.4. The molecule has 2 aliphatic rings. The highest BCUT2D eigenvalue weighted by atomic mass is 32.2. The molecule has 0 amide bonds. The summed E-state index contributed by atoms with van der Waals surface area (Å²) < 4.78 is 11.9. The third-order valence-electron chi connectivity index (χ3n) is 6.92. The standard InChI is InChI=1S/C28H29NO8S/c1-28(2)21-15-19(38-37-36-34)12-13-22(21)29(14-6-4-5-7-24(30)31)23(28)16-20-26(32)25(27(20)33)17-8-10-18(35-3)11-9-17/h8-13,15-16H,4-7,14H2,1-3H3,(H2-,30,31,32,33,34)/p+1. The van der Waals surface area contributed by atoms with Gasteiger partial charge >= 0.3 is 5.97 Å². The molecule has 9 nitrogen and oxygen atoms in total. The summed E-state index contributed by atoms with van der Waals surface area (Å²) in [7, 11) is 1.56. The van der Waals surface area contributed by atoms with Crippen molar-refractivity contribution in [3.8, 4) is 5.75 Å². The van der Waals surface area contributed by atoms with Crippen molar-refractivity contribution < 1.29 is 43.7 Å². The number of carbonyl (C=O) groups excluding carboxylic acids is 1. The van der Waals surface area contributed by atoms with E-state index in [-0.39, 0.29) is 29.1 Å². The largest absolute Gasteiger partial charge is 0.506 e. The molecule has 4 rings (SSSR count). The first kappa shape index (κ1) is 27.6. The zero-order chi connectivity index (χ0) is 27.4. The predicted molar refractivity (Wildman–Crippen MR) is 142 cm³/mol. The van der Waals surface area contributed by atoms with E-state index >= 15 is 0 Å². The molecule has 0 atom stereocenters. The smallest absolute Gasteiger partial charge is 0.303 e. The molecule has 2 aromatic carbocycles. The second-order valence-electron chi connectivity index (χ2n) is 9.61. The van der Waals surface area contributed by atoms with E-state index in [0.29, 0.717) is 29.2 Å². The van der Waals surface area contributed by atoms with Gasteiger partial charge in [0.25, 0.3) is 0 Å². The number of rotatable bonds is 12. The number of benzene rings is 2. The van der Waals surface area contributed by atoms with Crippen LogP contribution in [0.25, 0.3) is 5.57 Å². The summed E-state index contributed by atoms with van der Waals surface area (Å²) in [5.41, 5.74) is 3.37. The molecule has 3 N–H and O–H groups in total. The Labute approximate surface area is 224 Å². The van der Waals surface area contributed by atoms with E-state index < -0.39 is 11.4 Å². The van der Waals surface area contributed by atoms with Crippen LogP contribution in [0.4, 0.5) is 5.69 Å². The lowest BCUT2D eigenvalue weighted by Crippen LogP contribution is -2.31. The van der Waals surface area contributed by atoms with Crippen LogP contribution in [-0.2, 0) is 24.4 Å². The van der Waals surface area contributed by atoms with Gasteiger partial charge in [0, 0.05) is 35.4 Å². The zero-order valence-corrected chi connectivity index (χ0v) is 22.2. The number of ketones is 1. The van der Waals surface area contributed by atoms with Gasteiger partial charge in [0.1, 0.15) is 18.1 Å². The normalized spacial score (nSPS) is 17.2. The number of aliphatic carboxylic acids is 1. The Morgan fingerprint density at radius 3 is 2.47 bits per heavy atom. The van der Waals surface area contributed by atoms with Crippen LogP contribution < -0.4 is 4.74 Å². The van der Waals surface area contributed by atoms with Crippen LogP contribution in [-0.4, -0.2) is 51.2 Å². The average Bonchev–Trinajstić information content (AvgIpc) is 3.11. The van der Waals surface area contributed by atoms with Crippen molar-refractivity contribution in [2.24, 2.45) is 0 Å². The molecule has 0 radical (unpaired) electrons. The van der Waals surface area contributed by atoms with E-state index in [4.69, 9.17) is 15.1 Å². The Hall–Kier alpha value is -3.44. The Balaban J connectivity index is 1.70. The van der Waals surface area contributed by atoms with Crippen LogP contribution >= 0.6 is 12.0 Å². The number of carbonyl (C=O) groups is 2. The van der Waals surface area contributed by atoms with Crippen molar-refractivity contribution in [1.82, 2.24) is 0 Å². The second kappa shape index (κ2) is 11.5. The van der Waals surface area contributed by atoms with Crippen molar-refractivity contribution in [3.63, 3.8) is 0 Å². The van der Waals surface area contributed by atoms with Crippen LogP contribution in [0.5, 0.6) is 5.75 Å². The Bertz CT molecular complexity index is 1340. The molecule has 0 spiro atoms. The first-order chi connectivity index (χ1) is 18.2. The van der Waals surface area contributed by atoms with Crippen molar-refractivity contribution in [2.45, 2.75) is 49.8 Å². The van der Waals surface area contributed by atoms with Gasteiger partial charge in [0.05, 0.1) is 35.7 Å². The number of allylic oxidation sites excluding steroid dienone is 3. The SMILES string of the molecule is COc1ccc(C2=C(O)/C(=C/C3=[N+](CCCCCC(=O)O)c4ccc(SOOO)cc4C3(C)C)C2=O)cc1. The minimum Gasteiger partial charge on any atom is -0.506 e. The second-order valence-corrected chi connectivity index (χ2v) is 10.4. The minimum absolute atomic E-state index is 0.0504. The predicted octanol–water partition coefficient (Wildman–Crippen LogP) is 5.62. The third-order valence-corrected chi connectivity index (χ3v) is 7.49. The fourth-order valence-electron chi connectivity index (χ4n) is 4.90. The van der Waals surface area contributed by atoms with E-state index in [1.807, 2.05) is 32.0 Å². The van der Waals surface area contributed by atoms with E-state index in [1.165, 1.54) is 0 Å².